The van der Waals surface area contributed by atoms with Crippen LogP contribution in [0.5, 0.6) is 5.75 Å². The Morgan fingerprint density at radius 3 is 2.69 bits per heavy atom. The summed E-state index contributed by atoms with van der Waals surface area (Å²) in [5.41, 5.74) is 1.45. The molecule has 0 saturated carbocycles. The molecule has 3 rings (SSSR count). The van der Waals surface area contributed by atoms with Crippen LogP contribution >= 0.6 is 11.3 Å². The molecule has 2 N–H and O–H groups in total. The standard InChI is InChI=1S/C18H17N3O4S/c1-24-14-7-4-12(5-8-14)19-16(22)9-6-13-11-26-18(20-13)21-17(23)15-3-2-10-25-15/h2-5,7-8,10-11H,6,9H2,1H3,(H,19,22)(H,20,21,23). The molecule has 0 aliphatic rings. The zero-order chi connectivity index (χ0) is 18.4. The third kappa shape index (κ3) is 4.70. The van der Waals surface area contributed by atoms with Crippen LogP contribution in [0.4, 0.5) is 10.8 Å². The second-order valence-corrected chi connectivity index (χ2v) is 6.21. The Labute approximate surface area is 154 Å². The highest BCUT2D eigenvalue weighted by molar-refractivity contribution is 7.13. The molecule has 2 amide bonds. The Balaban J connectivity index is 1.48. The average Bonchev–Trinajstić information content (AvgIpc) is 3.33. The number of methoxy groups -OCH3 is 1. The van der Waals surface area contributed by atoms with Crippen molar-refractivity contribution in [3.63, 3.8) is 0 Å². The van der Waals surface area contributed by atoms with Crippen molar-refractivity contribution in [2.75, 3.05) is 17.7 Å². The second kappa shape index (κ2) is 8.30. The summed E-state index contributed by atoms with van der Waals surface area (Å²) in [6.07, 6.45) is 2.21. The van der Waals surface area contributed by atoms with E-state index >= 15 is 0 Å². The number of aryl methyl sites for hydroxylation is 1. The first-order valence-electron chi connectivity index (χ1n) is 7.87. The summed E-state index contributed by atoms with van der Waals surface area (Å²) in [4.78, 5) is 28.2. The van der Waals surface area contributed by atoms with Gasteiger partial charge in [-0.05, 0) is 42.8 Å². The summed E-state index contributed by atoms with van der Waals surface area (Å²) in [5.74, 6) is 0.493. The van der Waals surface area contributed by atoms with E-state index in [0.29, 0.717) is 23.7 Å². The van der Waals surface area contributed by atoms with E-state index in [4.69, 9.17) is 9.15 Å². The number of rotatable bonds is 7. The number of ether oxygens (including phenoxy) is 1. The molecule has 0 bridgehead atoms. The number of carbonyl (C=O) groups excluding carboxylic acids is 2. The monoisotopic (exact) mass is 371 g/mol. The quantitative estimate of drug-likeness (QED) is 0.662. The molecule has 0 radical (unpaired) electrons. The van der Waals surface area contributed by atoms with Crippen LogP contribution in [0.2, 0.25) is 0 Å². The van der Waals surface area contributed by atoms with Crippen LogP contribution in [0.1, 0.15) is 22.7 Å². The van der Waals surface area contributed by atoms with Crippen molar-refractivity contribution in [1.82, 2.24) is 4.98 Å². The van der Waals surface area contributed by atoms with Crippen molar-refractivity contribution in [1.29, 1.82) is 0 Å². The van der Waals surface area contributed by atoms with Crippen molar-refractivity contribution in [3.05, 3.63) is 59.5 Å². The number of furan rings is 1. The normalized spacial score (nSPS) is 10.3. The number of carbonyl (C=O) groups is 2. The van der Waals surface area contributed by atoms with Gasteiger partial charge < -0.3 is 14.5 Å². The minimum atomic E-state index is -0.354. The van der Waals surface area contributed by atoms with Crippen molar-refractivity contribution >= 4 is 34.0 Å². The van der Waals surface area contributed by atoms with E-state index in [1.54, 1.807) is 43.5 Å². The summed E-state index contributed by atoms with van der Waals surface area (Å²) < 4.78 is 10.1. The van der Waals surface area contributed by atoms with Crippen molar-refractivity contribution in [3.8, 4) is 5.75 Å². The molecule has 0 aliphatic heterocycles. The maximum absolute atomic E-state index is 12.0. The number of hydrogen-bond donors (Lipinski definition) is 2. The summed E-state index contributed by atoms with van der Waals surface area (Å²) in [7, 11) is 1.59. The number of nitrogens with zero attached hydrogens (tertiary/aromatic N) is 1. The van der Waals surface area contributed by atoms with E-state index in [1.165, 1.54) is 17.6 Å². The maximum atomic E-state index is 12.0. The zero-order valence-corrected chi connectivity index (χ0v) is 14.8. The molecule has 3 aromatic rings. The number of benzene rings is 1. The number of nitrogens with one attached hydrogen (secondary N) is 2. The SMILES string of the molecule is COc1ccc(NC(=O)CCc2csc(NC(=O)c3ccco3)n2)cc1. The number of amides is 2. The molecule has 26 heavy (non-hydrogen) atoms. The van der Waals surface area contributed by atoms with E-state index in [9.17, 15) is 9.59 Å². The molecular formula is C18H17N3O4S. The number of anilines is 2. The third-order valence-electron chi connectivity index (χ3n) is 3.50. The molecular weight excluding hydrogens is 354 g/mol. The van der Waals surface area contributed by atoms with Gasteiger partial charge in [-0.15, -0.1) is 11.3 Å². The van der Waals surface area contributed by atoms with Crippen molar-refractivity contribution < 1.29 is 18.7 Å². The lowest BCUT2D eigenvalue weighted by Gasteiger charge is -2.05. The van der Waals surface area contributed by atoms with Crippen LogP contribution in [0.3, 0.4) is 0 Å². The summed E-state index contributed by atoms with van der Waals surface area (Å²) in [5, 5.41) is 7.77. The van der Waals surface area contributed by atoms with Crippen LogP contribution in [0, 0.1) is 0 Å². The molecule has 1 aromatic carbocycles. The molecule has 0 spiro atoms. The van der Waals surface area contributed by atoms with Crippen molar-refractivity contribution in [2.45, 2.75) is 12.8 Å². The Bertz CT molecular complexity index is 872. The van der Waals surface area contributed by atoms with E-state index < -0.39 is 0 Å². The Morgan fingerprint density at radius 1 is 1.19 bits per heavy atom. The van der Waals surface area contributed by atoms with Gasteiger partial charge in [0.1, 0.15) is 5.75 Å². The van der Waals surface area contributed by atoms with E-state index in [2.05, 4.69) is 15.6 Å². The van der Waals surface area contributed by atoms with E-state index in [0.717, 1.165) is 11.4 Å². The average molecular weight is 371 g/mol. The molecule has 0 aliphatic carbocycles. The molecule has 2 aromatic heterocycles. The summed E-state index contributed by atoms with van der Waals surface area (Å²) >= 11 is 1.30. The Kier molecular flexibility index (Phi) is 5.65. The van der Waals surface area contributed by atoms with Gasteiger partial charge in [0.15, 0.2) is 10.9 Å². The highest BCUT2D eigenvalue weighted by atomic mass is 32.1. The third-order valence-corrected chi connectivity index (χ3v) is 4.31. The van der Waals surface area contributed by atoms with Crippen LogP contribution in [0.25, 0.3) is 0 Å². The first-order chi connectivity index (χ1) is 12.6. The lowest BCUT2D eigenvalue weighted by Crippen LogP contribution is -2.12. The lowest BCUT2D eigenvalue weighted by atomic mass is 10.2. The van der Waals surface area contributed by atoms with Gasteiger partial charge in [0.2, 0.25) is 5.91 Å². The van der Waals surface area contributed by atoms with Crippen LogP contribution in [-0.4, -0.2) is 23.9 Å². The number of thiazole rings is 1. The minimum Gasteiger partial charge on any atom is -0.497 e. The van der Waals surface area contributed by atoms with E-state index in [1.807, 2.05) is 5.38 Å². The first-order valence-corrected chi connectivity index (χ1v) is 8.75. The van der Waals surface area contributed by atoms with Gasteiger partial charge in [-0.2, -0.15) is 0 Å². The summed E-state index contributed by atoms with van der Waals surface area (Å²) in [6, 6.07) is 10.3. The van der Waals surface area contributed by atoms with Gasteiger partial charge in [0.25, 0.3) is 5.91 Å². The molecule has 0 saturated heterocycles. The van der Waals surface area contributed by atoms with Gasteiger partial charge >= 0.3 is 0 Å². The highest BCUT2D eigenvalue weighted by Gasteiger charge is 2.12. The van der Waals surface area contributed by atoms with Crippen LogP contribution in [-0.2, 0) is 11.2 Å². The minimum absolute atomic E-state index is 0.107. The van der Waals surface area contributed by atoms with Crippen LogP contribution < -0.4 is 15.4 Å². The predicted molar refractivity (Wildman–Crippen MR) is 98.7 cm³/mol. The smallest absolute Gasteiger partial charge is 0.293 e. The Hall–Kier alpha value is -3.13. The summed E-state index contributed by atoms with van der Waals surface area (Å²) in [6.45, 7) is 0. The van der Waals surface area contributed by atoms with E-state index in [-0.39, 0.29) is 17.6 Å². The van der Waals surface area contributed by atoms with Gasteiger partial charge in [-0.25, -0.2) is 4.98 Å². The number of aromatic nitrogens is 1. The van der Waals surface area contributed by atoms with Gasteiger partial charge in [0.05, 0.1) is 19.1 Å². The molecule has 0 unspecified atom stereocenters. The second-order valence-electron chi connectivity index (χ2n) is 5.35. The lowest BCUT2D eigenvalue weighted by molar-refractivity contribution is -0.116. The first kappa shape index (κ1) is 17.7. The van der Waals surface area contributed by atoms with Crippen molar-refractivity contribution in [2.24, 2.45) is 0 Å². The zero-order valence-electron chi connectivity index (χ0n) is 14.0. The van der Waals surface area contributed by atoms with Crippen LogP contribution in [0.15, 0.2) is 52.5 Å². The molecule has 7 nitrogen and oxygen atoms in total. The molecule has 0 atom stereocenters. The van der Waals surface area contributed by atoms with Gasteiger partial charge in [-0.3, -0.25) is 14.9 Å². The maximum Gasteiger partial charge on any atom is 0.293 e. The van der Waals surface area contributed by atoms with Gasteiger partial charge in [0, 0.05) is 17.5 Å². The topological polar surface area (TPSA) is 93.5 Å². The largest absolute Gasteiger partial charge is 0.497 e. The molecule has 8 heteroatoms. The predicted octanol–water partition coefficient (Wildman–Crippen LogP) is 3.57. The molecule has 0 fully saturated rings. The highest BCUT2D eigenvalue weighted by Crippen LogP contribution is 2.19. The Morgan fingerprint density at radius 2 is 2.00 bits per heavy atom. The fourth-order valence-corrected chi connectivity index (χ4v) is 2.92. The fraction of sp³-hybridized carbons (Fsp3) is 0.167. The number of hydrogen-bond acceptors (Lipinski definition) is 6. The fourth-order valence-electron chi connectivity index (χ4n) is 2.19. The molecule has 134 valence electrons. The van der Waals surface area contributed by atoms with Gasteiger partial charge in [-0.1, -0.05) is 0 Å². The molecule has 2 heterocycles.